The minimum absolute atomic E-state index is 0.00953. The van der Waals surface area contributed by atoms with Crippen molar-refractivity contribution in [3.05, 3.63) is 82.0 Å². The van der Waals surface area contributed by atoms with Crippen molar-refractivity contribution in [2.24, 2.45) is 5.14 Å². The van der Waals surface area contributed by atoms with Gasteiger partial charge >= 0.3 is 0 Å². The number of hydrogen-bond donors (Lipinski definition) is 3. The van der Waals surface area contributed by atoms with Crippen LogP contribution < -0.4 is 15.2 Å². The lowest BCUT2D eigenvalue weighted by atomic mass is 10.1. The SMILES string of the molecule is NS(=O)(=O)c1ccc(CCNC(=O)c2cccc(S(=O)(=O)NCc3cccs3)c2)cc1. The molecule has 0 fully saturated rings. The summed E-state index contributed by atoms with van der Waals surface area (Å²) in [5, 5.41) is 9.66. The summed E-state index contributed by atoms with van der Waals surface area (Å²) < 4.78 is 50.1. The molecule has 0 aliphatic carbocycles. The highest BCUT2D eigenvalue weighted by molar-refractivity contribution is 7.89. The fourth-order valence-electron chi connectivity index (χ4n) is 2.74. The van der Waals surface area contributed by atoms with Gasteiger partial charge in [-0.2, -0.15) is 0 Å². The maximum Gasteiger partial charge on any atom is 0.251 e. The average Bonchev–Trinajstić information content (AvgIpc) is 3.26. The first-order chi connectivity index (χ1) is 14.6. The van der Waals surface area contributed by atoms with E-state index in [9.17, 15) is 21.6 Å². The van der Waals surface area contributed by atoms with Gasteiger partial charge in [-0.3, -0.25) is 4.79 Å². The van der Waals surface area contributed by atoms with Gasteiger partial charge in [0, 0.05) is 23.5 Å². The van der Waals surface area contributed by atoms with Crippen LogP contribution in [0.1, 0.15) is 20.8 Å². The molecular weight excluding hydrogens is 458 g/mol. The van der Waals surface area contributed by atoms with Crippen LogP contribution in [-0.2, 0) is 33.0 Å². The van der Waals surface area contributed by atoms with Crippen LogP contribution in [-0.4, -0.2) is 29.3 Å². The second-order valence-electron chi connectivity index (χ2n) is 6.63. The molecule has 0 aliphatic heterocycles. The van der Waals surface area contributed by atoms with Crippen LogP contribution in [0.3, 0.4) is 0 Å². The quantitative estimate of drug-likeness (QED) is 0.430. The van der Waals surface area contributed by atoms with Gasteiger partial charge in [0.1, 0.15) is 0 Å². The van der Waals surface area contributed by atoms with Crippen molar-refractivity contribution in [3.63, 3.8) is 0 Å². The number of primary sulfonamides is 1. The third-order valence-electron chi connectivity index (χ3n) is 4.37. The Morgan fingerprint density at radius 1 is 0.935 bits per heavy atom. The predicted molar refractivity (Wildman–Crippen MR) is 119 cm³/mol. The summed E-state index contributed by atoms with van der Waals surface area (Å²) in [6, 6.07) is 15.5. The Labute approximate surface area is 185 Å². The molecule has 0 spiro atoms. The Morgan fingerprint density at radius 2 is 1.68 bits per heavy atom. The molecule has 4 N–H and O–H groups in total. The molecule has 1 aromatic heterocycles. The molecular formula is C20H21N3O5S3. The molecule has 164 valence electrons. The number of rotatable bonds is 9. The van der Waals surface area contributed by atoms with Crippen LogP contribution >= 0.6 is 11.3 Å². The lowest BCUT2D eigenvalue weighted by molar-refractivity contribution is 0.0954. The van der Waals surface area contributed by atoms with Crippen LogP contribution in [0, 0.1) is 0 Å². The Kier molecular flexibility index (Phi) is 7.23. The summed E-state index contributed by atoms with van der Waals surface area (Å²) in [5.74, 6) is -0.406. The molecule has 3 rings (SSSR count). The van der Waals surface area contributed by atoms with Gasteiger partial charge in [0.2, 0.25) is 20.0 Å². The zero-order chi connectivity index (χ0) is 22.5. The molecule has 0 saturated heterocycles. The summed E-state index contributed by atoms with van der Waals surface area (Å²) in [6.07, 6.45) is 0.469. The highest BCUT2D eigenvalue weighted by Gasteiger charge is 2.16. The van der Waals surface area contributed by atoms with Crippen molar-refractivity contribution in [1.29, 1.82) is 0 Å². The summed E-state index contributed by atoms with van der Waals surface area (Å²) >= 11 is 1.45. The minimum atomic E-state index is -3.75. The average molecular weight is 480 g/mol. The van der Waals surface area contributed by atoms with Crippen LogP contribution in [0.4, 0.5) is 0 Å². The smallest absolute Gasteiger partial charge is 0.251 e. The van der Waals surface area contributed by atoms with E-state index in [4.69, 9.17) is 5.14 Å². The van der Waals surface area contributed by atoms with Gasteiger partial charge in [-0.15, -0.1) is 11.3 Å². The van der Waals surface area contributed by atoms with Crippen molar-refractivity contribution in [2.75, 3.05) is 6.54 Å². The van der Waals surface area contributed by atoms with E-state index in [0.717, 1.165) is 10.4 Å². The number of hydrogen-bond acceptors (Lipinski definition) is 6. The first-order valence-electron chi connectivity index (χ1n) is 9.17. The third kappa shape index (κ3) is 6.45. The van der Waals surface area contributed by atoms with Crippen LogP contribution in [0.15, 0.2) is 75.8 Å². The molecule has 0 bridgehead atoms. The monoisotopic (exact) mass is 479 g/mol. The summed E-state index contributed by atoms with van der Waals surface area (Å²) in [4.78, 5) is 13.3. The molecule has 1 amide bonds. The van der Waals surface area contributed by atoms with Gasteiger partial charge in [0.05, 0.1) is 9.79 Å². The van der Waals surface area contributed by atoms with E-state index in [1.54, 1.807) is 12.1 Å². The number of carbonyl (C=O) groups excluding carboxylic acids is 1. The van der Waals surface area contributed by atoms with Crippen LogP contribution in [0.5, 0.6) is 0 Å². The summed E-state index contributed by atoms with van der Waals surface area (Å²) in [6.45, 7) is 0.474. The van der Waals surface area contributed by atoms with Gasteiger partial charge in [-0.1, -0.05) is 24.3 Å². The van der Waals surface area contributed by atoms with E-state index >= 15 is 0 Å². The van der Waals surface area contributed by atoms with Crippen molar-refractivity contribution in [3.8, 4) is 0 Å². The third-order valence-corrected chi connectivity index (χ3v) is 7.58. The molecule has 8 nitrogen and oxygen atoms in total. The van der Waals surface area contributed by atoms with Crippen LogP contribution in [0.2, 0.25) is 0 Å². The Bertz CT molecular complexity index is 1250. The highest BCUT2D eigenvalue weighted by Crippen LogP contribution is 2.14. The summed E-state index contributed by atoms with van der Waals surface area (Å²) in [5.41, 5.74) is 1.05. The number of sulfonamides is 2. The topological polar surface area (TPSA) is 135 Å². The second kappa shape index (κ2) is 9.71. The molecule has 0 unspecified atom stereocenters. The molecule has 0 radical (unpaired) electrons. The Morgan fingerprint density at radius 3 is 2.32 bits per heavy atom. The molecule has 1 heterocycles. The second-order valence-corrected chi connectivity index (χ2v) is 11.0. The van der Waals surface area contributed by atoms with Gasteiger partial charge in [0.15, 0.2) is 0 Å². The highest BCUT2D eigenvalue weighted by atomic mass is 32.2. The maximum absolute atomic E-state index is 12.5. The van der Waals surface area contributed by atoms with Crippen molar-refractivity contribution in [1.82, 2.24) is 10.0 Å². The largest absolute Gasteiger partial charge is 0.352 e. The molecule has 2 aromatic carbocycles. The van der Waals surface area contributed by atoms with E-state index in [1.807, 2.05) is 17.5 Å². The minimum Gasteiger partial charge on any atom is -0.352 e. The number of benzene rings is 2. The Balaban J connectivity index is 1.58. The lowest BCUT2D eigenvalue weighted by Gasteiger charge is -2.09. The van der Waals surface area contributed by atoms with Gasteiger partial charge < -0.3 is 5.32 Å². The fraction of sp³-hybridized carbons (Fsp3) is 0.150. The van der Waals surface area contributed by atoms with Crippen LogP contribution in [0.25, 0.3) is 0 Å². The zero-order valence-electron chi connectivity index (χ0n) is 16.3. The molecule has 11 heteroatoms. The van der Waals surface area contributed by atoms with Crippen molar-refractivity contribution < 1.29 is 21.6 Å². The van der Waals surface area contributed by atoms with Crippen molar-refractivity contribution in [2.45, 2.75) is 22.8 Å². The predicted octanol–water partition coefficient (Wildman–Crippen LogP) is 1.85. The van der Waals surface area contributed by atoms with Crippen molar-refractivity contribution >= 4 is 37.3 Å². The number of nitrogens with one attached hydrogen (secondary N) is 2. The standard InChI is InChI=1S/C20H21N3O5S3/c21-30(25,26)18-8-6-15(7-9-18)10-11-22-20(24)16-3-1-5-19(13-16)31(27,28)23-14-17-4-2-12-29-17/h1-9,12-13,23H,10-11,14H2,(H,22,24)(H2,21,25,26). The van der Waals surface area contributed by atoms with E-state index in [1.165, 1.54) is 47.7 Å². The summed E-state index contributed by atoms with van der Waals surface area (Å²) in [7, 11) is -7.50. The first-order valence-corrected chi connectivity index (χ1v) is 13.1. The Hall–Kier alpha value is -2.57. The fourth-order valence-corrected chi connectivity index (χ4v) is 5.04. The number of nitrogens with two attached hydrogens (primary N) is 1. The molecule has 0 aliphatic rings. The van der Waals surface area contributed by atoms with Gasteiger partial charge in [0.25, 0.3) is 5.91 Å². The van der Waals surface area contributed by atoms with E-state index in [-0.39, 0.29) is 21.9 Å². The first kappa shape index (κ1) is 23.1. The van der Waals surface area contributed by atoms with Gasteiger partial charge in [-0.25, -0.2) is 26.7 Å². The van der Waals surface area contributed by atoms with E-state index in [0.29, 0.717) is 13.0 Å². The molecule has 3 aromatic rings. The molecule has 31 heavy (non-hydrogen) atoms. The molecule has 0 atom stereocenters. The normalized spacial score (nSPS) is 11.9. The number of thiophene rings is 1. The number of amides is 1. The zero-order valence-corrected chi connectivity index (χ0v) is 18.8. The maximum atomic E-state index is 12.5. The molecule has 0 saturated carbocycles. The number of carbonyl (C=O) groups is 1. The van der Waals surface area contributed by atoms with E-state index < -0.39 is 26.0 Å². The lowest BCUT2D eigenvalue weighted by Crippen LogP contribution is -2.27. The van der Waals surface area contributed by atoms with Gasteiger partial charge in [-0.05, 0) is 53.8 Å². The van der Waals surface area contributed by atoms with E-state index in [2.05, 4.69) is 10.0 Å².